The number of hydrogen-bond donors (Lipinski definition) is 2. The van der Waals surface area contributed by atoms with Crippen LogP contribution in [0.15, 0.2) is 0 Å². The number of likely N-dealkylation sites (tertiary alicyclic amines) is 1. The standard InChI is InChI=1S/C16H31N3O2.ClH/c1-5-8-12(4)19-10-13(9-14(19)20)15(21)18-11-16(17,6-2)7-3;/h12-13H,5-11,17H2,1-4H3,(H,18,21);1H. The molecule has 2 unspecified atom stereocenters. The Bertz CT molecular complexity index is 372. The van der Waals surface area contributed by atoms with Gasteiger partial charge in [0.2, 0.25) is 11.8 Å². The second-order valence-electron chi connectivity index (χ2n) is 6.37. The van der Waals surface area contributed by atoms with Gasteiger partial charge in [-0.25, -0.2) is 0 Å². The van der Waals surface area contributed by atoms with E-state index in [2.05, 4.69) is 19.2 Å². The molecule has 2 atom stereocenters. The Hall–Kier alpha value is -0.810. The first kappa shape index (κ1) is 21.2. The minimum atomic E-state index is -0.340. The van der Waals surface area contributed by atoms with Crippen LogP contribution in [0.3, 0.4) is 0 Å². The van der Waals surface area contributed by atoms with E-state index >= 15 is 0 Å². The molecule has 22 heavy (non-hydrogen) atoms. The highest BCUT2D eigenvalue weighted by atomic mass is 35.5. The number of nitrogens with one attached hydrogen (secondary N) is 1. The average Bonchev–Trinajstić information content (AvgIpc) is 2.87. The highest BCUT2D eigenvalue weighted by molar-refractivity contribution is 5.89. The fourth-order valence-corrected chi connectivity index (χ4v) is 2.81. The summed E-state index contributed by atoms with van der Waals surface area (Å²) in [5.74, 6) is -0.165. The third-order valence-corrected chi connectivity index (χ3v) is 4.79. The van der Waals surface area contributed by atoms with Crippen LogP contribution < -0.4 is 11.1 Å². The SMILES string of the molecule is CCCC(C)N1CC(C(=O)NCC(N)(CC)CC)CC1=O.Cl. The van der Waals surface area contributed by atoms with E-state index in [1.54, 1.807) is 0 Å². The summed E-state index contributed by atoms with van der Waals surface area (Å²) in [7, 11) is 0. The lowest BCUT2D eigenvalue weighted by Gasteiger charge is -2.28. The van der Waals surface area contributed by atoms with E-state index < -0.39 is 0 Å². The molecule has 0 aromatic heterocycles. The lowest BCUT2D eigenvalue weighted by molar-refractivity contribution is -0.130. The number of halogens is 1. The Morgan fingerprint density at radius 3 is 2.50 bits per heavy atom. The van der Waals surface area contributed by atoms with Crippen molar-refractivity contribution in [1.82, 2.24) is 10.2 Å². The first-order valence-corrected chi connectivity index (χ1v) is 8.22. The molecule has 0 aromatic rings. The first-order valence-electron chi connectivity index (χ1n) is 8.22. The Morgan fingerprint density at radius 1 is 1.41 bits per heavy atom. The van der Waals surface area contributed by atoms with Crippen LogP contribution in [0, 0.1) is 5.92 Å². The molecule has 1 rings (SSSR count). The average molecular weight is 334 g/mol. The lowest BCUT2D eigenvalue weighted by atomic mass is 9.94. The highest BCUT2D eigenvalue weighted by Gasteiger charge is 2.36. The van der Waals surface area contributed by atoms with E-state index in [0.717, 1.165) is 25.7 Å². The van der Waals surface area contributed by atoms with Gasteiger partial charge >= 0.3 is 0 Å². The molecule has 2 amide bonds. The number of hydrogen-bond acceptors (Lipinski definition) is 3. The molecule has 1 heterocycles. The summed E-state index contributed by atoms with van der Waals surface area (Å²) < 4.78 is 0. The van der Waals surface area contributed by atoms with E-state index in [-0.39, 0.29) is 41.7 Å². The van der Waals surface area contributed by atoms with Gasteiger partial charge in [0, 0.05) is 31.1 Å². The number of carbonyl (C=O) groups is 2. The van der Waals surface area contributed by atoms with Crippen LogP contribution in [0.25, 0.3) is 0 Å². The number of carbonyl (C=O) groups excluding carboxylic acids is 2. The molecular weight excluding hydrogens is 302 g/mol. The van der Waals surface area contributed by atoms with Gasteiger partial charge in [-0.05, 0) is 26.2 Å². The molecule has 0 spiro atoms. The van der Waals surface area contributed by atoms with Crippen molar-refractivity contribution in [2.75, 3.05) is 13.1 Å². The molecule has 1 saturated heterocycles. The summed E-state index contributed by atoms with van der Waals surface area (Å²) in [6, 6.07) is 0.222. The Balaban J connectivity index is 0.00000441. The zero-order chi connectivity index (χ0) is 16.0. The minimum Gasteiger partial charge on any atom is -0.354 e. The molecule has 0 aliphatic carbocycles. The van der Waals surface area contributed by atoms with Crippen LogP contribution >= 0.6 is 12.4 Å². The van der Waals surface area contributed by atoms with E-state index in [1.165, 1.54) is 0 Å². The normalized spacial score (nSPS) is 19.8. The predicted molar refractivity (Wildman–Crippen MR) is 91.9 cm³/mol. The minimum absolute atomic E-state index is 0. The van der Waals surface area contributed by atoms with Gasteiger partial charge in [0.25, 0.3) is 0 Å². The monoisotopic (exact) mass is 333 g/mol. The molecule has 3 N–H and O–H groups in total. The van der Waals surface area contributed by atoms with Crippen molar-refractivity contribution in [3.8, 4) is 0 Å². The molecule has 0 saturated carbocycles. The third kappa shape index (κ3) is 5.43. The second kappa shape index (κ2) is 9.36. The largest absolute Gasteiger partial charge is 0.354 e. The molecule has 0 aromatic carbocycles. The van der Waals surface area contributed by atoms with Crippen LogP contribution in [0.2, 0.25) is 0 Å². The van der Waals surface area contributed by atoms with Gasteiger partial charge in [-0.1, -0.05) is 27.2 Å². The molecule has 0 radical (unpaired) electrons. The lowest BCUT2D eigenvalue weighted by Crippen LogP contribution is -2.50. The maximum Gasteiger partial charge on any atom is 0.225 e. The number of rotatable bonds is 8. The van der Waals surface area contributed by atoms with Crippen LogP contribution in [-0.2, 0) is 9.59 Å². The summed E-state index contributed by atoms with van der Waals surface area (Å²) in [5, 5.41) is 2.94. The van der Waals surface area contributed by atoms with E-state index in [0.29, 0.717) is 19.5 Å². The Morgan fingerprint density at radius 2 is 2.00 bits per heavy atom. The molecule has 6 heteroatoms. The van der Waals surface area contributed by atoms with Crippen molar-refractivity contribution in [3.63, 3.8) is 0 Å². The maximum atomic E-state index is 12.2. The van der Waals surface area contributed by atoms with Crippen molar-refractivity contribution in [3.05, 3.63) is 0 Å². The summed E-state index contributed by atoms with van der Waals surface area (Å²) in [6.45, 7) is 9.25. The maximum absolute atomic E-state index is 12.2. The van der Waals surface area contributed by atoms with Crippen molar-refractivity contribution >= 4 is 24.2 Å². The van der Waals surface area contributed by atoms with E-state index in [1.807, 2.05) is 18.7 Å². The molecule has 1 fully saturated rings. The van der Waals surface area contributed by atoms with Gasteiger partial charge in [0.1, 0.15) is 0 Å². The summed E-state index contributed by atoms with van der Waals surface area (Å²) in [4.78, 5) is 26.1. The predicted octanol–water partition coefficient (Wildman–Crippen LogP) is 2.08. The van der Waals surface area contributed by atoms with Crippen molar-refractivity contribution in [2.45, 2.75) is 71.4 Å². The molecule has 5 nitrogen and oxygen atoms in total. The molecule has 1 aliphatic rings. The number of nitrogens with two attached hydrogens (primary N) is 1. The first-order chi connectivity index (χ1) is 9.86. The van der Waals surface area contributed by atoms with E-state index in [4.69, 9.17) is 5.73 Å². The summed E-state index contributed by atoms with van der Waals surface area (Å²) in [6.07, 6.45) is 4.01. The fraction of sp³-hybridized carbons (Fsp3) is 0.875. The summed E-state index contributed by atoms with van der Waals surface area (Å²) in [5.41, 5.74) is 5.85. The van der Waals surface area contributed by atoms with E-state index in [9.17, 15) is 9.59 Å². The number of nitrogens with zero attached hydrogens (tertiary/aromatic N) is 1. The van der Waals surface area contributed by atoms with Gasteiger partial charge in [-0.15, -0.1) is 12.4 Å². The molecular formula is C16H32ClN3O2. The summed E-state index contributed by atoms with van der Waals surface area (Å²) >= 11 is 0. The third-order valence-electron chi connectivity index (χ3n) is 4.79. The molecule has 130 valence electrons. The Labute approximate surface area is 140 Å². The quantitative estimate of drug-likeness (QED) is 0.714. The number of amides is 2. The highest BCUT2D eigenvalue weighted by Crippen LogP contribution is 2.22. The van der Waals surface area contributed by atoms with Crippen molar-refractivity contribution < 1.29 is 9.59 Å². The van der Waals surface area contributed by atoms with Crippen molar-refractivity contribution in [1.29, 1.82) is 0 Å². The second-order valence-corrected chi connectivity index (χ2v) is 6.37. The Kier molecular flexibility index (Phi) is 9.01. The van der Waals surface area contributed by atoms with Gasteiger partial charge in [-0.2, -0.15) is 0 Å². The van der Waals surface area contributed by atoms with Crippen LogP contribution in [-0.4, -0.2) is 41.4 Å². The van der Waals surface area contributed by atoms with Gasteiger partial charge in [0.05, 0.1) is 5.92 Å². The van der Waals surface area contributed by atoms with Crippen LogP contribution in [0.5, 0.6) is 0 Å². The van der Waals surface area contributed by atoms with Crippen LogP contribution in [0.1, 0.15) is 59.8 Å². The van der Waals surface area contributed by atoms with Gasteiger partial charge < -0.3 is 16.0 Å². The fourth-order valence-electron chi connectivity index (χ4n) is 2.81. The van der Waals surface area contributed by atoms with Gasteiger partial charge in [-0.3, -0.25) is 9.59 Å². The zero-order valence-corrected chi connectivity index (χ0v) is 15.2. The molecule has 0 bridgehead atoms. The van der Waals surface area contributed by atoms with Crippen LogP contribution in [0.4, 0.5) is 0 Å². The smallest absolute Gasteiger partial charge is 0.225 e. The van der Waals surface area contributed by atoms with Gasteiger partial charge in [0.15, 0.2) is 0 Å². The topological polar surface area (TPSA) is 75.4 Å². The van der Waals surface area contributed by atoms with Crippen molar-refractivity contribution in [2.24, 2.45) is 11.7 Å². The zero-order valence-electron chi connectivity index (χ0n) is 14.4. The molecule has 1 aliphatic heterocycles.